The number of aliphatic hydroxyl groups excluding tert-OH is 1. The van der Waals surface area contributed by atoms with Gasteiger partial charge in [-0.2, -0.15) is 17.4 Å². The zero-order chi connectivity index (χ0) is 15.3. The van der Waals surface area contributed by atoms with Gasteiger partial charge in [0.2, 0.25) is 0 Å². The average Bonchev–Trinajstić information content (AvgIpc) is 2.86. The molecular formula is C10H18N2O7S. The first-order valence-corrected chi connectivity index (χ1v) is 7.57. The van der Waals surface area contributed by atoms with Gasteiger partial charge in [-0.3, -0.25) is 4.79 Å². The van der Waals surface area contributed by atoms with Crippen LogP contribution in [-0.2, 0) is 24.5 Å². The molecule has 1 aliphatic rings. The third-order valence-corrected chi connectivity index (χ3v) is 4.40. The molecule has 0 aromatic carbocycles. The Hall–Kier alpha value is -1.23. The van der Waals surface area contributed by atoms with Gasteiger partial charge in [0.1, 0.15) is 6.04 Å². The maximum atomic E-state index is 12.0. The van der Waals surface area contributed by atoms with Crippen molar-refractivity contribution in [2.45, 2.75) is 31.9 Å². The number of rotatable bonds is 7. The highest BCUT2D eigenvalue weighted by Crippen LogP contribution is 2.21. The van der Waals surface area contributed by atoms with Gasteiger partial charge in [0, 0.05) is 13.1 Å². The zero-order valence-electron chi connectivity index (χ0n) is 11.0. The highest BCUT2D eigenvalue weighted by atomic mass is 32.2. The van der Waals surface area contributed by atoms with E-state index in [0.717, 1.165) is 4.31 Å². The summed E-state index contributed by atoms with van der Waals surface area (Å²) in [4.78, 5) is 22.1. The number of hydrogen-bond donors (Lipinski definition) is 3. The molecule has 0 bridgehead atoms. The van der Waals surface area contributed by atoms with Crippen LogP contribution < -0.4 is 4.72 Å². The molecule has 3 N–H and O–H groups in total. The first kappa shape index (κ1) is 16.8. The number of hydrogen-bond acceptors (Lipinski definition) is 6. The van der Waals surface area contributed by atoms with Gasteiger partial charge in [-0.15, -0.1) is 0 Å². The Morgan fingerprint density at radius 2 is 2.15 bits per heavy atom. The monoisotopic (exact) mass is 310 g/mol. The average molecular weight is 310 g/mol. The highest BCUT2D eigenvalue weighted by Gasteiger charge is 2.39. The van der Waals surface area contributed by atoms with E-state index in [0.29, 0.717) is 12.8 Å². The maximum absolute atomic E-state index is 12.0. The van der Waals surface area contributed by atoms with Gasteiger partial charge in [0.15, 0.2) is 6.10 Å². The van der Waals surface area contributed by atoms with Crippen molar-refractivity contribution in [2.24, 2.45) is 0 Å². The molecule has 0 amide bonds. The fourth-order valence-corrected chi connectivity index (χ4v) is 3.29. The third kappa shape index (κ3) is 4.13. The number of ether oxygens (including phenoxy) is 1. The van der Waals surface area contributed by atoms with Crippen LogP contribution in [0, 0.1) is 0 Å². The Morgan fingerprint density at radius 3 is 2.70 bits per heavy atom. The first-order chi connectivity index (χ1) is 9.29. The van der Waals surface area contributed by atoms with Crippen molar-refractivity contribution in [1.82, 2.24) is 9.03 Å². The van der Waals surface area contributed by atoms with Crippen molar-refractivity contribution < 1.29 is 33.0 Å². The van der Waals surface area contributed by atoms with Gasteiger partial charge in [0.25, 0.3) is 10.2 Å². The van der Waals surface area contributed by atoms with Crippen LogP contribution in [-0.4, -0.2) is 66.7 Å². The summed E-state index contributed by atoms with van der Waals surface area (Å²) in [7, 11) is -4.04. The van der Waals surface area contributed by atoms with E-state index in [1.54, 1.807) is 6.92 Å². The number of esters is 1. The molecule has 0 aliphatic carbocycles. The van der Waals surface area contributed by atoms with E-state index in [1.807, 2.05) is 4.72 Å². The summed E-state index contributed by atoms with van der Waals surface area (Å²) in [5.41, 5.74) is 0. The summed E-state index contributed by atoms with van der Waals surface area (Å²) in [5.74, 6) is -2.16. The van der Waals surface area contributed by atoms with Crippen LogP contribution in [0.15, 0.2) is 0 Å². The molecule has 0 radical (unpaired) electrons. The fraction of sp³-hybridized carbons (Fsp3) is 0.800. The molecule has 1 fully saturated rings. The smallest absolute Gasteiger partial charge is 0.333 e. The van der Waals surface area contributed by atoms with E-state index >= 15 is 0 Å². The molecule has 116 valence electrons. The lowest BCUT2D eigenvalue weighted by atomic mass is 10.2. The molecule has 0 saturated carbocycles. The van der Waals surface area contributed by atoms with Gasteiger partial charge in [0.05, 0.1) is 6.61 Å². The molecule has 1 heterocycles. The Kier molecular flexibility index (Phi) is 5.87. The van der Waals surface area contributed by atoms with Gasteiger partial charge >= 0.3 is 11.9 Å². The van der Waals surface area contributed by atoms with Gasteiger partial charge in [-0.25, -0.2) is 4.79 Å². The summed E-state index contributed by atoms with van der Waals surface area (Å²) >= 11 is 0. The second-order valence-electron chi connectivity index (χ2n) is 4.23. The number of carboxylic acids is 1. The van der Waals surface area contributed by atoms with Crippen LogP contribution in [0.1, 0.15) is 19.8 Å². The normalized spacial score (nSPS) is 21.6. The fourth-order valence-electron chi connectivity index (χ4n) is 1.86. The molecule has 2 atom stereocenters. The summed E-state index contributed by atoms with van der Waals surface area (Å²) < 4.78 is 31.7. The van der Waals surface area contributed by atoms with Crippen molar-refractivity contribution >= 4 is 22.1 Å². The maximum Gasteiger partial charge on any atom is 0.333 e. The quantitative estimate of drug-likeness (QED) is 0.477. The van der Waals surface area contributed by atoms with Gasteiger partial charge in [-0.1, -0.05) is 0 Å². The number of aliphatic carboxylic acids is 1. The second-order valence-corrected chi connectivity index (χ2v) is 5.94. The van der Waals surface area contributed by atoms with Crippen LogP contribution in [0.3, 0.4) is 0 Å². The molecule has 0 aromatic rings. The minimum atomic E-state index is -4.04. The topological polar surface area (TPSA) is 133 Å². The second kappa shape index (κ2) is 6.97. The molecule has 0 spiro atoms. The molecule has 2 unspecified atom stereocenters. The molecule has 1 aliphatic heterocycles. The number of nitrogens with zero attached hydrogens (tertiary/aromatic N) is 1. The Labute approximate surface area is 116 Å². The number of carboxylic acid groups (broad SMARTS) is 1. The first-order valence-electron chi connectivity index (χ1n) is 6.13. The number of carbonyl (C=O) groups excluding carboxylic acids is 1. The predicted octanol–water partition coefficient (Wildman–Crippen LogP) is -1.71. The molecule has 1 saturated heterocycles. The minimum Gasteiger partial charge on any atom is -0.479 e. The van der Waals surface area contributed by atoms with E-state index < -0.39 is 40.8 Å². The van der Waals surface area contributed by atoms with Crippen LogP contribution in [0.2, 0.25) is 0 Å². The Balaban J connectivity index is 2.70. The lowest BCUT2D eigenvalue weighted by molar-refractivity contribution is -0.147. The standard InChI is InChI=1S/C10H18N2O7S/c1-2-19-10(16)7-4-3-5-12(7)20(17,18)11-6-8(13)9(14)15/h7-8,11,13H,2-6H2,1H3,(H,14,15). The van der Waals surface area contributed by atoms with E-state index in [4.69, 9.17) is 14.9 Å². The van der Waals surface area contributed by atoms with E-state index in [9.17, 15) is 18.0 Å². The predicted molar refractivity (Wildman–Crippen MR) is 66.9 cm³/mol. The lowest BCUT2D eigenvalue weighted by Crippen LogP contribution is -2.49. The summed E-state index contributed by atoms with van der Waals surface area (Å²) in [6.45, 7) is 1.24. The van der Waals surface area contributed by atoms with Crippen molar-refractivity contribution in [3.63, 3.8) is 0 Å². The van der Waals surface area contributed by atoms with E-state index in [-0.39, 0.29) is 13.2 Å². The Bertz CT molecular complexity index is 464. The van der Waals surface area contributed by atoms with E-state index in [2.05, 4.69) is 0 Å². The van der Waals surface area contributed by atoms with Gasteiger partial charge in [-0.05, 0) is 19.8 Å². The van der Waals surface area contributed by atoms with Crippen LogP contribution >= 0.6 is 0 Å². The number of carbonyl (C=O) groups is 2. The van der Waals surface area contributed by atoms with Crippen LogP contribution in [0.4, 0.5) is 0 Å². The van der Waals surface area contributed by atoms with Crippen LogP contribution in [0.5, 0.6) is 0 Å². The number of nitrogens with one attached hydrogen (secondary N) is 1. The Morgan fingerprint density at radius 1 is 1.50 bits per heavy atom. The lowest BCUT2D eigenvalue weighted by Gasteiger charge is -2.23. The molecular weight excluding hydrogens is 292 g/mol. The SMILES string of the molecule is CCOC(=O)C1CCCN1S(=O)(=O)NCC(O)C(=O)O. The molecule has 9 nitrogen and oxygen atoms in total. The molecule has 20 heavy (non-hydrogen) atoms. The summed E-state index contributed by atoms with van der Waals surface area (Å²) in [5, 5.41) is 17.5. The summed E-state index contributed by atoms with van der Waals surface area (Å²) in [6, 6.07) is -0.908. The number of aliphatic hydroxyl groups is 1. The zero-order valence-corrected chi connectivity index (χ0v) is 11.8. The van der Waals surface area contributed by atoms with E-state index in [1.165, 1.54) is 0 Å². The largest absolute Gasteiger partial charge is 0.479 e. The summed E-state index contributed by atoms with van der Waals surface area (Å²) in [6.07, 6.45) is -0.985. The molecule has 0 aromatic heterocycles. The van der Waals surface area contributed by atoms with Crippen molar-refractivity contribution in [2.75, 3.05) is 19.7 Å². The third-order valence-electron chi connectivity index (χ3n) is 2.82. The highest BCUT2D eigenvalue weighted by molar-refractivity contribution is 7.87. The van der Waals surface area contributed by atoms with Crippen LogP contribution in [0.25, 0.3) is 0 Å². The van der Waals surface area contributed by atoms with Crippen molar-refractivity contribution in [3.05, 3.63) is 0 Å². The molecule has 10 heteroatoms. The minimum absolute atomic E-state index is 0.141. The molecule has 1 rings (SSSR count). The van der Waals surface area contributed by atoms with Crippen molar-refractivity contribution in [3.8, 4) is 0 Å². The van der Waals surface area contributed by atoms with Crippen molar-refractivity contribution in [1.29, 1.82) is 0 Å². The van der Waals surface area contributed by atoms with Gasteiger partial charge < -0.3 is 14.9 Å².